The highest BCUT2D eigenvalue weighted by Gasteiger charge is 2.27. The van der Waals surface area contributed by atoms with Crippen molar-refractivity contribution in [3.63, 3.8) is 0 Å². The van der Waals surface area contributed by atoms with E-state index in [4.69, 9.17) is 0 Å². The number of nitriles is 1. The lowest BCUT2D eigenvalue weighted by molar-refractivity contribution is -0.117. The smallest absolute Gasteiger partial charge is 0.249 e. The molecule has 0 aliphatic heterocycles. The van der Waals surface area contributed by atoms with Gasteiger partial charge in [0.15, 0.2) is 11.7 Å². The van der Waals surface area contributed by atoms with Gasteiger partial charge in [0.2, 0.25) is 11.8 Å². The number of benzene rings is 2. The molecule has 126 valence electrons. The molecule has 0 saturated heterocycles. The topological polar surface area (TPSA) is 99.1 Å². The molecule has 0 bridgehead atoms. The summed E-state index contributed by atoms with van der Waals surface area (Å²) in [5.41, 5.74) is 0.771. The van der Waals surface area contributed by atoms with E-state index in [1.165, 1.54) is 37.3 Å². The summed E-state index contributed by atoms with van der Waals surface area (Å²) in [4.78, 5) is 35.7. The quantitative estimate of drug-likeness (QED) is 0.646. The highest BCUT2D eigenvalue weighted by atomic mass is 19.1. The van der Waals surface area contributed by atoms with E-state index in [0.29, 0.717) is 5.69 Å². The lowest BCUT2D eigenvalue weighted by Crippen LogP contribution is -2.28. The predicted octanol–water partition coefficient (Wildman–Crippen LogP) is 2.75. The number of Topliss-reactive ketones (excluding diaryl/α,β-unsaturated/α-hetero) is 1. The van der Waals surface area contributed by atoms with Crippen LogP contribution in [0.4, 0.5) is 15.8 Å². The molecule has 0 heterocycles. The molecule has 6 nitrogen and oxygen atoms in total. The number of hydrogen-bond donors (Lipinski definition) is 2. The number of nitrogens with one attached hydrogen (secondary N) is 2. The molecule has 0 saturated carbocycles. The van der Waals surface area contributed by atoms with E-state index in [9.17, 15) is 24.0 Å². The zero-order chi connectivity index (χ0) is 18.4. The summed E-state index contributed by atoms with van der Waals surface area (Å²) < 4.78 is 12.9. The fraction of sp³-hybridized carbons (Fsp3) is 0.111. The Kier molecular flexibility index (Phi) is 5.58. The average Bonchev–Trinajstić information content (AvgIpc) is 2.57. The third-order valence-electron chi connectivity index (χ3n) is 3.23. The van der Waals surface area contributed by atoms with E-state index in [2.05, 4.69) is 10.6 Å². The Hall–Kier alpha value is -3.53. The molecule has 1 unspecified atom stereocenters. The van der Waals surface area contributed by atoms with Crippen LogP contribution in [0.15, 0.2) is 48.5 Å². The number of amides is 2. The Bertz CT molecular complexity index is 857. The monoisotopic (exact) mass is 339 g/mol. The van der Waals surface area contributed by atoms with Gasteiger partial charge in [-0.05, 0) is 36.4 Å². The molecule has 2 N–H and O–H groups in total. The second-order valence-corrected chi connectivity index (χ2v) is 5.18. The number of rotatable bonds is 5. The molecule has 0 fully saturated rings. The largest absolute Gasteiger partial charge is 0.326 e. The van der Waals surface area contributed by atoms with Crippen molar-refractivity contribution in [1.82, 2.24) is 0 Å². The fourth-order valence-corrected chi connectivity index (χ4v) is 2.10. The number of ketones is 1. The Balaban J connectivity index is 2.17. The van der Waals surface area contributed by atoms with Crippen LogP contribution in [-0.4, -0.2) is 17.6 Å². The van der Waals surface area contributed by atoms with Gasteiger partial charge in [-0.25, -0.2) is 4.39 Å². The van der Waals surface area contributed by atoms with Crippen LogP contribution in [0.1, 0.15) is 17.3 Å². The van der Waals surface area contributed by atoms with Gasteiger partial charge in [-0.1, -0.05) is 12.1 Å². The minimum atomic E-state index is -1.57. The molecular weight excluding hydrogens is 325 g/mol. The van der Waals surface area contributed by atoms with Gasteiger partial charge in [-0.3, -0.25) is 14.4 Å². The van der Waals surface area contributed by atoms with Crippen LogP contribution in [0.2, 0.25) is 0 Å². The van der Waals surface area contributed by atoms with Crippen molar-refractivity contribution in [3.8, 4) is 6.07 Å². The summed E-state index contributed by atoms with van der Waals surface area (Å²) in [6.45, 7) is 1.32. The van der Waals surface area contributed by atoms with Crippen molar-refractivity contribution in [2.24, 2.45) is 5.92 Å². The van der Waals surface area contributed by atoms with E-state index in [-0.39, 0.29) is 17.2 Å². The van der Waals surface area contributed by atoms with E-state index in [0.717, 1.165) is 12.1 Å². The molecule has 7 heteroatoms. The molecule has 0 spiro atoms. The number of carbonyl (C=O) groups is 3. The van der Waals surface area contributed by atoms with Crippen LogP contribution in [0.25, 0.3) is 0 Å². The summed E-state index contributed by atoms with van der Waals surface area (Å²) in [5.74, 6) is -3.87. The number of nitrogens with zero attached hydrogens (tertiary/aromatic N) is 1. The van der Waals surface area contributed by atoms with E-state index < -0.39 is 23.4 Å². The maximum absolute atomic E-state index is 12.9. The molecule has 0 aliphatic carbocycles. The zero-order valence-electron chi connectivity index (χ0n) is 13.2. The molecule has 0 aromatic heterocycles. The summed E-state index contributed by atoms with van der Waals surface area (Å²) in [6, 6.07) is 12.6. The maximum atomic E-state index is 12.9. The lowest BCUT2D eigenvalue weighted by Gasteiger charge is -2.11. The predicted molar refractivity (Wildman–Crippen MR) is 89.2 cm³/mol. The highest BCUT2D eigenvalue weighted by molar-refractivity contribution is 6.15. The van der Waals surface area contributed by atoms with Crippen LogP contribution < -0.4 is 10.6 Å². The Morgan fingerprint density at radius 1 is 1.04 bits per heavy atom. The minimum absolute atomic E-state index is 0.118. The molecule has 2 rings (SSSR count). The lowest BCUT2D eigenvalue weighted by atomic mass is 9.97. The molecule has 1 atom stereocenters. The SMILES string of the molecule is CC(=O)Nc1cccc(C(=O)C(C#N)C(=O)Nc2ccc(F)cc2)c1. The third kappa shape index (κ3) is 4.72. The Labute approximate surface area is 143 Å². The van der Waals surface area contributed by atoms with Crippen molar-refractivity contribution in [2.75, 3.05) is 10.6 Å². The van der Waals surface area contributed by atoms with Crippen molar-refractivity contribution >= 4 is 29.0 Å². The first-order valence-electron chi connectivity index (χ1n) is 7.28. The Morgan fingerprint density at radius 2 is 1.72 bits per heavy atom. The molecule has 25 heavy (non-hydrogen) atoms. The van der Waals surface area contributed by atoms with Gasteiger partial charge in [-0.2, -0.15) is 5.26 Å². The van der Waals surface area contributed by atoms with Crippen LogP contribution in [0.3, 0.4) is 0 Å². The number of halogens is 1. The van der Waals surface area contributed by atoms with E-state index >= 15 is 0 Å². The van der Waals surface area contributed by atoms with Gasteiger partial charge < -0.3 is 10.6 Å². The molecular formula is C18H14FN3O3. The van der Waals surface area contributed by atoms with Gasteiger partial charge in [-0.15, -0.1) is 0 Å². The van der Waals surface area contributed by atoms with Gasteiger partial charge in [0.05, 0.1) is 6.07 Å². The zero-order valence-corrected chi connectivity index (χ0v) is 13.2. The molecule has 0 radical (unpaired) electrons. The van der Waals surface area contributed by atoms with Crippen molar-refractivity contribution in [2.45, 2.75) is 6.92 Å². The first-order valence-corrected chi connectivity index (χ1v) is 7.28. The van der Waals surface area contributed by atoms with Crippen LogP contribution in [0.5, 0.6) is 0 Å². The normalized spacial score (nSPS) is 11.1. The van der Waals surface area contributed by atoms with Crippen molar-refractivity contribution in [3.05, 3.63) is 59.9 Å². The van der Waals surface area contributed by atoms with E-state index in [1.54, 1.807) is 12.1 Å². The summed E-state index contributed by atoms with van der Waals surface area (Å²) in [7, 11) is 0. The first-order chi connectivity index (χ1) is 11.9. The standard InChI is InChI=1S/C18H14FN3O3/c1-11(23)21-15-4-2-3-12(9-15)17(24)16(10-20)18(25)22-14-7-5-13(19)6-8-14/h2-9,16H,1H3,(H,21,23)(H,22,25). The van der Waals surface area contributed by atoms with Gasteiger partial charge >= 0.3 is 0 Å². The van der Waals surface area contributed by atoms with Crippen LogP contribution in [-0.2, 0) is 9.59 Å². The minimum Gasteiger partial charge on any atom is -0.326 e. The highest BCUT2D eigenvalue weighted by Crippen LogP contribution is 2.17. The first kappa shape index (κ1) is 17.8. The van der Waals surface area contributed by atoms with Crippen molar-refractivity contribution in [1.29, 1.82) is 5.26 Å². The molecule has 2 amide bonds. The number of anilines is 2. The molecule has 2 aromatic carbocycles. The van der Waals surface area contributed by atoms with Gasteiger partial charge in [0, 0.05) is 23.9 Å². The molecule has 2 aromatic rings. The van der Waals surface area contributed by atoms with Crippen LogP contribution >= 0.6 is 0 Å². The molecule has 0 aliphatic rings. The van der Waals surface area contributed by atoms with E-state index in [1.807, 2.05) is 0 Å². The van der Waals surface area contributed by atoms with Gasteiger partial charge in [0.1, 0.15) is 5.82 Å². The van der Waals surface area contributed by atoms with Crippen molar-refractivity contribution < 1.29 is 18.8 Å². The summed E-state index contributed by atoms with van der Waals surface area (Å²) >= 11 is 0. The fourth-order valence-electron chi connectivity index (χ4n) is 2.10. The van der Waals surface area contributed by atoms with Crippen LogP contribution in [0, 0.1) is 23.1 Å². The average molecular weight is 339 g/mol. The third-order valence-corrected chi connectivity index (χ3v) is 3.23. The number of carbonyl (C=O) groups excluding carboxylic acids is 3. The Morgan fingerprint density at radius 3 is 2.32 bits per heavy atom. The maximum Gasteiger partial charge on any atom is 0.249 e. The summed E-state index contributed by atoms with van der Waals surface area (Å²) in [5, 5.41) is 14.1. The second-order valence-electron chi connectivity index (χ2n) is 5.18. The summed E-state index contributed by atoms with van der Waals surface area (Å²) in [6.07, 6.45) is 0. The second kappa shape index (κ2) is 7.84. The number of hydrogen-bond acceptors (Lipinski definition) is 4. The van der Waals surface area contributed by atoms with Gasteiger partial charge in [0.25, 0.3) is 0 Å².